The molecule has 4 atom stereocenters. The fourth-order valence-corrected chi connectivity index (χ4v) is 2.76. The number of carboxylic acids is 1. The van der Waals surface area contributed by atoms with Crippen LogP contribution >= 0.6 is 0 Å². The van der Waals surface area contributed by atoms with Crippen LogP contribution in [0.1, 0.15) is 32.1 Å². The van der Waals surface area contributed by atoms with E-state index in [-0.39, 0.29) is 6.10 Å². The molecule has 17 heavy (non-hydrogen) atoms. The molecule has 0 amide bonds. The third kappa shape index (κ3) is 3.18. The third-order valence-electron chi connectivity index (χ3n) is 3.75. The maximum absolute atomic E-state index is 10.7. The molecule has 98 valence electrons. The van der Waals surface area contributed by atoms with Gasteiger partial charge in [0.25, 0.3) is 0 Å². The number of carboxylic acid groups (broad SMARTS) is 1. The molecule has 1 saturated heterocycles. The number of hydrogen-bond donors (Lipinski definition) is 2. The second kappa shape index (κ2) is 5.80. The van der Waals surface area contributed by atoms with Gasteiger partial charge in [0.15, 0.2) is 6.10 Å². The van der Waals surface area contributed by atoms with Gasteiger partial charge in [-0.25, -0.2) is 4.79 Å². The Bertz CT molecular complexity index is 271. The maximum Gasteiger partial charge on any atom is 0.332 e. The minimum atomic E-state index is -0.844. The highest BCUT2D eigenvalue weighted by molar-refractivity contribution is 5.72. The third-order valence-corrected chi connectivity index (χ3v) is 3.75. The molecule has 0 bridgehead atoms. The molecule has 1 aliphatic heterocycles. The Hall–Kier alpha value is -0.650. The molecule has 2 rings (SSSR count). The Morgan fingerprint density at radius 1 is 1.41 bits per heavy atom. The van der Waals surface area contributed by atoms with E-state index in [1.807, 2.05) is 0 Å². The lowest BCUT2D eigenvalue weighted by Crippen LogP contribution is -2.41. The second-order valence-corrected chi connectivity index (χ2v) is 4.88. The molecule has 5 heteroatoms. The Morgan fingerprint density at radius 2 is 2.24 bits per heavy atom. The van der Waals surface area contributed by atoms with Crippen molar-refractivity contribution < 1.29 is 19.4 Å². The van der Waals surface area contributed by atoms with Crippen molar-refractivity contribution in [3.05, 3.63) is 0 Å². The van der Waals surface area contributed by atoms with Crippen LogP contribution in [0.4, 0.5) is 0 Å². The molecule has 0 radical (unpaired) electrons. The van der Waals surface area contributed by atoms with Crippen molar-refractivity contribution in [2.24, 2.45) is 0 Å². The van der Waals surface area contributed by atoms with Crippen LogP contribution < -0.4 is 5.32 Å². The topological polar surface area (TPSA) is 67.8 Å². The average Bonchev–Trinajstić information content (AvgIpc) is 2.95. The van der Waals surface area contributed by atoms with E-state index in [2.05, 4.69) is 5.32 Å². The number of ether oxygens (including phenoxy) is 2. The van der Waals surface area contributed by atoms with Gasteiger partial charge in [-0.1, -0.05) is 0 Å². The summed E-state index contributed by atoms with van der Waals surface area (Å²) in [6.07, 6.45) is 4.61. The fraction of sp³-hybridized carbons (Fsp3) is 0.917. The monoisotopic (exact) mass is 243 g/mol. The van der Waals surface area contributed by atoms with Crippen LogP contribution in [0.15, 0.2) is 0 Å². The minimum Gasteiger partial charge on any atom is -0.479 e. The Morgan fingerprint density at radius 3 is 2.88 bits per heavy atom. The van der Waals surface area contributed by atoms with Crippen molar-refractivity contribution >= 4 is 5.97 Å². The molecule has 1 heterocycles. The minimum absolute atomic E-state index is 0.0363. The predicted octanol–water partition coefficient (Wildman–Crippen LogP) is 0.776. The highest BCUT2D eigenvalue weighted by atomic mass is 16.5. The fourth-order valence-electron chi connectivity index (χ4n) is 2.76. The smallest absolute Gasteiger partial charge is 0.332 e. The number of hydrogen-bond acceptors (Lipinski definition) is 4. The molecular formula is C12H21NO4. The number of methoxy groups -OCH3 is 1. The van der Waals surface area contributed by atoms with Crippen LogP contribution in [0.5, 0.6) is 0 Å². The van der Waals surface area contributed by atoms with E-state index >= 15 is 0 Å². The SMILES string of the molecule is COC1CCCC1NCC1CCC(C(=O)O)O1. The van der Waals surface area contributed by atoms with Crippen molar-refractivity contribution in [1.82, 2.24) is 5.32 Å². The average molecular weight is 243 g/mol. The standard InChI is InChI=1S/C12H21NO4/c1-16-10-4-2-3-9(10)13-7-8-5-6-11(17-8)12(14)15/h8-11,13H,2-7H2,1H3,(H,14,15). The number of rotatable bonds is 5. The van der Waals surface area contributed by atoms with Gasteiger partial charge in [0.1, 0.15) is 0 Å². The molecule has 1 aliphatic carbocycles. The molecule has 2 fully saturated rings. The van der Waals surface area contributed by atoms with Gasteiger partial charge in [0.2, 0.25) is 0 Å². The lowest BCUT2D eigenvalue weighted by Gasteiger charge is -2.21. The molecular weight excluding hydrogens is 222 g/mol. The van der Waals surface area contributed by atoms with Gasteiger partial charge in [-0.2, -0.15) is 0 Å². The first-order valence-corrected chi connectivity index (χ1v) is 6.35. The van der Waals surface area contributed by atoms with Crippen LogP contribution in [-0.4, -0.2) is 49.1 Å². The van der Waals surface area contributed by atoms with Gasteiger partial charge in [0, 0.05) is 19.7 Å². The van der Waals surface area contributed by atoms with Crippen molar-refractivity contribution in [1.29, 1.82) is 0 Å². The van der Waals surface area contributed by atoms with Crippen LogP contribution in [0.2, 0.25) is 0 Å². The zero-order valence-electron chi connectivity index (χ0n) is 10.2. The van der Waals surface area contributed by atoms with Crippen LogP contribution in [-0.2, 0) is 14.3 Å². The zero-order chi connectivity index (χ0) is 12.3. The first-order valence-electron chi connectivity index (χ1n) is 6.35. The first-order chi connectivity index (χ1) is 8.20. The molecule has 2 N–H and O–H groups in total. The first kappa shape index (κ1) is 12.8. The lowest BCUT2D eigenvalue weighted by atomic mass is 10.1. The number of aliphatic carboxylic acids is 1. The van der Waals surface area contributed by atoms with Gasteiger partial charge >= 0.3 is 5.97 Å². The Kier molecular flexibility index (Phi) is 4.36. The molecule has 2 aliphatic rings. The summed E-state index contributed by atoms with van der Waals surface area (Å²) < 4.78 is 10.8. The van der Waals surface area contributed by atoms with Crippen molar-refractivity contribution in [3.63, 3.8) is 0 Å². The van der Waals surface area contributed by atoms with Crippen molar-refractivity contribution in [3.8, 4) is 0 Å². The summed E-state index contributed by atoms with van der Waals surface area (Å²) in [7, 11) is 1.75. The van der Waals surface area contributed by atoms with Crippen LogP contribution in [0.3, 0.4) is 0 Å². The van der Waals surface area contributed by atoms with Gasteiger partial charge in [-0.3, -0.25) is 0 Å². The van der Waals surface area contributed by atoms with E-state index < -0.39 is 12.1 Å². The summed E-state index contributed by atoms with van der Waals surface area (Å²) >= 11 is 0. The van der Waals surface area contributed by atoms with E-state index in [0.29, 0.717) is 18.6 Å². The van der Waals surface area contributed by atoms with E-state index in [1.165, 1.54) is 6.42 Å². The molecule has 0 spiro atoms. The summed E-state index contributed by atoms with van der Waals surface area (Å²) in [5, 5.41) is 12.3. The van der Waals surface area contributed by atoms with Gasteiger partial charge in [0.05, 0.1) is 12.2 Å². The maximum atomic E-state index is 10.7. The second-order valence-electron chi connectivity index (χ2n) is 4.88. The molecule has 4 unspecified atom stereocenters. The van der Waals surface area contributed by atoms with Gasteiger partial charge in [-0.05, 0) is 32.1 Å². The number of carbonyl (C=O) groups is 1. The summed E-state index contributed by atoms with van der Waals surface area (Å²) in [5.41, 5.74) is 0. The quantitative estimate of drug-likeness (QED) is 0.746. The molecule has 0 aromatic rings. The lowest BCUT2D eigenvalue weighted by molar-refractivity contribution is -0.149. The number of nitrogens with one attached hydrogen (secondary N) is 1. The normalized spacial score (nSPS) is 37.5. The Labute approximate surface area is 101 Å². The summed E-state index contributed by atoms with van der Waals surface area (Å²) in [6, 6.07) is 0.396. The molecule has 0 aromatic carbocycles. The van der Waals surface area contributed by atoms with E-state index in [9.17, 15) is 4.79 Å². The molecule has 5 nitrogen and oxygen atoms in total. The predicted molar refractivity (Wildman–Crippen MR) is 62.0 cm³/mol. The van der Waals surface area contributed by atoms with Crippen LogP contribution in [0, 0.1) is 0 Å². The van der Waals surface area contributed by atoms with Crippen molar-refractivity contribution in [2.75, 3.05) is 13.7 Å². The van der Waals surface area contributed by atoms with Gasteiger partial charge in [-0.15, -0.1) is 0 Å². The van der Waals surface area contributed by atoms with Crippen LogP contribution in [0.25, 0.3) is 0 Å². The van der Waals surface area contributed by atoms with Crippen molar-refractivity contribution in [2.45, 2.75) is 56.5 Å². The zero-order valence-corrected chi connectivity index (χ0v) is 10.2. The van der Waals surface area contributed by atoms with E-state index in [1.54, 1.807) is 7.11 Å². The highest BCUT2D eigenvalue weighted by Gasteiger charge is 2.32. The largest absolute Gasteiger partial charge is 0.479 e. The molecule has 1 saturated carbocycles. The highest BCUT2D eigenvalue weighted by Crippen LogP contribution is 2.23. The summed E-state index contributed by atoms with van der Waals surface area (Å²) in [5.74, 6) is -0.844. The van der Waals surface area contributed by atoms with E-state index in [0.717, 1.165) is 25.8 Å². The molecule has 0 aromatic heterocycles. The van der Waals surface area contributed by atoms with E-state index in [4.69, 9.17) is 14.6 Å². The summed E-state index contributed by atoms with van der Waals surface area (Å²) in [4.78, 5) is 10.7. The Balaban J connectivity index is 1.70. The van der Waals surface area contributed by atoms with Gasteiger partial charge < -0.3 is 19.9 Å². The summed E-state index contributed by atoms with van der Waals surface area (Å²) in [6.45, 7) is 0.730.